The van der Waals surface area contributed by atoms with E-state index in [9.17, 15) is 5.11 Å². The Hall–Kier alpha value is -6.29. The van der Waals surface area contributed by atoms with Gasteiger partial charge in [-0.25, -0.2) is 4.98 Å². The topological polar surface area (TPSA) is 64.1 Å². The molecule has 10 rings (SSSR count). The normalized spacial score (nSPS) is 11.4. The average Bonchev–Trinajstić information content (AvgIpc) is 3.78. The number of nitrogens with zero attached hydrogens (tertiary/aromatic N) is 3. The van der Waals surface area contributed by atoms with Gasteiger partial charge in [-0.05, 0) is 47.3 Å². The van der Waals surface area contributed by atoms with Crippen molar-refractivity contribution in [3.8, 4) is 56.3 Å². The standard InChI is InChI=1S/C46H28N3O2.Pt/c50-40-21-10-9-18-37(40)46-48-44-35(19-11-20-39(44)49(46)34-15-5-2-6-16-34)32-26-31(29-12-3-1-4-13-29)27-33(28-32)43-42-38-23-22-30-14-7-8-17-36(30)45(38)51-41(42)24-25-47-43;/h1-27,50H;/q-1;. The SMILES string of the molecule is Oc1ccccc1-c1nc2c(-c3[c-]c(-c4nccc5oc6c7ccccc7ccc6c45)cc(-c4ccccc4)c3)cccc2n1-c1ccccc1.[Pt]. The second kappa shape index (κ2) is 12.8. The van der Waals surface area contributed by atoms with E-state index in [-0.39, 0.29) is 26.8 Å². The molecule has 0 amide bonds. The fourth-order valence-electron chi connectivity index (χ4n) is 7.29. The minimum Gasteiger partial charge on any atom is -0.507 e. The van der Waals surface area contributed by atoms with Gasteiger partial charge in [-0.1, -0.05) is 126 Å². The fraction of sp³-hybridized carbons (Fsp3) is 0. The number of phenols is 1. The van der Waals surface area contributed by atoms with E-state index < -0.39 is 0 Å². The number of hydrogen-bond donors (Lipinski definition) is 1. The molecular weight excluding hydrogens is 822 g/mol. The molecule has 0 saturated carbocycles. The number of fused-ring (bicyclic) bond motifs is 6. The molecule has 10 aromatic rings. The van der Waals surface area contributed by atoms with Crippen LogP contribution in [-0.4, -0.2) is 19.6 Å². The zero-order valence-corrected chi connectivity index (χ0v) is 29.9. The van der Waals surface area contributed by atoms with Crippen LogP contribution in [0.15, 0.2) is 168 Å². The number of para-hydroxylation sites is 3. The summed E-state index contributed by atoms with van der Waals surface area (Å²) in [5.41, 5.74) is 10.6. The number of benzene rings is 7. The molecule has 0 aliphatic carbocycles. The molecule has 0 bridgehead atoms. The monoisotopic (exact) mass is 849 g/mol. The molecule has 0 saturated heterocycles. The van der Waals surface area contributed by atoms with Gasteiger partial charge in [0.15, 0.2) is 0 Å². The zero-order chi connectivity index (χ0) is 33.9. The van der Waals surface area contributed by atoms with Gasteiger partial charge in [-0.3, -0.25) is 9.55 Å². The summed E-state index contributed by atoms with van der Waals surface area (Å²) in [4.78, 5) is 10.2. The summed E-state index contributed by atoms with van der Waals surface area (Å²) < 4.78 is 8.65. The van der Waals surface area contributed by atoms with Gasteiger partial charge in [0.05, 0.1) is 16.6 Å². The summed E-state index contributed by atoms with van der Waals surface area (Å²) in [5, 5.41) is 15.2. The summed E-state index contributed by atoms with van der Waals surface area (Å²) in [6, 6.07) is 56.7. The van der Waals surface area contributed by atoms with Gasteiger partial charge in [-0.15, -0.1) is 23.8 Å². The van der Waals surface area contributed by atoms with Crippen LogP contribution in [0.4, 0.5) is 0 Å². The van der Waals surface area contributed by atoms with Gasteiger partial charge in [0.25, 0.3) is 0 Å². The number of aromatic nitrogens is 3. The quantitative estimate of drug-likeness (QED) is 0.175. The molecule has 0 radical (unpaired) electrons. The van der Waals surface area contributed by atoms with Gasteiger partial charge in [-0.2, -0.15) is 0 Å². The van der Waals surface area contributed by atoms with E-state index in [0.717, 1.165) is 82.9 Å². The van der Waals surface area contributed by atoms with Crippen LogP contribution in [-0.2, 0) is 21.1 Å². The third-order valence-corrected chi connectivity index (χ3v) is 9.64. The minimum atomic E-state index is 0. The largest absolute Gasteiger partial charge is 0.507 e. The van der Waals surface area contributed by atoms with Gasteiger partial charge in [0.2, 0.25) is 0 Å². The van der Waals surface area contributed by atoms with Crippen LogP contribution in [0.1, 0.15) is 0 Å². The Kier molecular flexibility index (Phi) is 7.79. The molecule has 5 nitrogen and oxygen atoms in total. The van der Waals surface area contributed by atoms with Crippen LogP contribution in [0.2, 0.25) is 0 Å². The molecule has 0 fully saturated rings. The van der Waals surface area contributed by atoms with Crippen molar-refractivity contribution in [1.82, 2.24) is 14.5 Å². The van der Waals surface area contributed by atoms with Crippen LogP contribution in [0.25, 0.3) is 94.3 Å². The van der Waals surface area contributed by atoms with E-state index in [0.29, 0.717) is 11.4 Å². The first kappa shape index (κ1) is 31.7. The number of phenolic OH excluding ortho intramolecular Hbond substituents is 1. The van der Waals surface area contributed by atoms with Crippen LogP contribution < -0.4 is 0 Å². The van der Waals surface area contributed by atoms with Crippen LogP contribution in [0.3, 0.4) is 0 Å². The first-order chi connectivity index (χ1) is 25.2. The smallest absolute Gasteiger partial charge is 0.148 e. The first-order valence-electron chi connectivity index (χ1n) is 16.9. The number of rotatable bonds is 5. The van der Waals surface area contributed by atoms with E-state index in [2.05, 4.69) is 102 Å². The van der Waals surface area contributed by atoms with Crippen molar-refractivity contribution in [3.63, 3.8) is 0 Å². The number of hydrogen-bond acceptors (Lipinski definition) is 4. The van der Waals surface area contributed by atoms with Crippen LogP contribution >= 0.6 is 0 Å². The maximum Gasteiger partial charge on any atom is 0.148 e. The average molecular weight is 850 g/mol. The maximum absolute atomic E-state index is 11.0. The number of imidazole rings is 1. The summed E-state index contributed by atoms with van der Waals surface area (Å²) in [6.45, 7) is 0. The number of pyridine rings is 1. The Balaban J connectivity index is 0.00000360. The Labute approximate surface area is 313 Å². The second-order valence-electron chi connectivity index (χ2n) is 12.7. The zero-order valence-electron chi connectivity index (χ0n) is 27.6. The molecule has 6 heteroatoms. The Morgan fingerprint density at radius 1 is 0.615 bits per heavy atom. The molecular formula is C46H28N3O2Pt-. The molecule has 3 heterocycles. The van der Waals surface area contributed by atoms with Crippen molar-refractivity contribution in [2.24, 2.45) is 0 Å². The summed E-state index contributed by atoms with van der Waals surface area (Å²) in [5.74, 6) is 0.829. The van der Waals surface area contributed by atoms with Crippen molar-refractivity contribution in [2.45, 2.75) is 0 Å². The van der Waals surface area contributed by atoms with Gasteiger partial charge < -0.3 is 9.52 Å². The Morgan fingerprint density at radius 3 is 2.19 bits per heavy atom. The molecule has 250 valence electrons. The van der Waals surface area contributed by atoms with Crippen LogP contribution in [0, 0.1) is 6.07 Å². The molecule has 1 N–H and O–H groups in total. The van der Waals surface area contributed by atoms with E-state index in [4.69, 9.17) is 14.4 Å². The van der Waals surface area contributed by atoms with Crippen molar-refractivity contribution < 1.29 is 30.6 Å². The molecule has 0 aliphatic heterocycles. The van der Waals surface area contributed by atoms with Gasteiger partial charge in [0, 0.05) is 54.8 Å². The summed E-state index contributed by atoms with van der Waals surface area (Å²) in [7, 11) is 0. The predicted molar refractivity (Wildman–Crippen MR) is 206 cm³/mol. The number of furan rings is 1. The molecule has 3 aromatic heterocycles. The number of aromatic hydroxyl groups is 1. The predicted octanol–water partition coefficient (Wildman–Crippen LogP) is 11.6. The second-order valence-corrected chi connectivity index (χ2v) is 12.7. The molecule has 0 spiro atoms. The summed E-state index contributed by atoms with van der Waals surface area (Å²) in [6.07, 6.45) is 1.81. The van der Waals surface area contributed by atoms with E-state index in [1.807, 2.05) is 66.9 Å². The van der Waals surface area contributed by atoms with E-state index in [1.54, 1.807) is 6.07 Å². The minimum absolute atomic E-state index is 0. The Morgan fingerprint density at radius 2 is 1.35 bits per heavy atom. The molecule has 52 heavy (non-hydrogen) atoms. The third kappa shape index (κ3) is 5.13. The molecule has 0 unspecified atom stereocenters. The third-order valence-electron chi connectivity index (χ3n) is 9.64. The van der Waals surface area contributed by atoms with Gasteiger partial charge in [0.1, 0.15) is 22.7 Å². The van der Waals surface area contributed by atoms with Crippen molar-refractivity contribution in [1.29, 1.82) is 0 Å². The Bertz CT molecular complexity index is 2930. The van der Waals surface area contributed by atoms with Crippen molar-refractivity contribution in [2.75, 3.05) is 0 Å². The molecule has 7 aromatic carbocycles. The van der Waals surface area contributed by atoms with Gasteiger partial charge >= 0.3 is 0 Å². The molecule has 0 atom stereocenters. The molecule has 0 aliphatic rings. The van der Waals surface area contributed by atoms with E-state index >= 15 is 0 Å². The van der Waals surface area contributed by atoms with E-state index in [1.165, 1.54) is 0 Å². The van der Waals surface area contributed by atoms with Crippen LogP contribution in [0.5, 0.6) is 5.75 Å². The van der Waals surface area contributed by atoms with Crippen molar-refractivity contribution >= 4 is 43.7 Å². The van der Waals surface area contributed by atoms with Crippen molar-refractivity contribution in [3.05, 3.63) is 170 Å². The summed E-state index contributed by atoms with van der Waals surface area (Å²) >= 11 is 0. The fourth-order valence-corrected chi connectivity index (χ4v) is 7.29. The maximum atomic E-state index is 11.0. The first-order valence-corrected chi connectivity index (χ1v) is 16.9.